The van der Waals surface area contributed by atoms with E-state index >= 15 is 0 Å². The van der Waals surface area contributed by atoms with E-state index in [4.69, 9.17) is 6.42 Å². The van der Waals surface area contributed by atoms with Crippen LogP contribution in [0.15, 0.2) is 24.5 Å². The molecular formula is C18H18F3N3O3S2. The summed E-state index contributed by atoms with van der Waals surface area (Å²) in [4.78, 5) is 20.6. The van der Waals surface area contributed by atoms with Gasteiger partial charge in [0.15, 0.2) is 9.84 Å². The monoisotopic (exact) mass is 445 g/mol. The van der Waals surface area contributed by atoms with Gasteiger partial charge in [-0.2, -0.15) is 13.2 Å². The Morgan fingerprint density at radius 2 is 2.14 bits per heavy atom. The zero-order valence-corrected chi connectivity index (χ0v) is 17.0. The maximum absolute atomic E-state index is 12.7. The van der Waals surface area contributed by atoms with Crippen molar-refractivity contribution < 1.29 is 26.4 Å². The van der Waals surface area contributed by atoms with E-state index in [1.807, 2.05) is 0 Å². The number of thiazole rings is 1. The van der Waals surface area contributed by atoms with Gasteiger partial charge in [-0.1, -0.05) is 5.92 Å². The van der Waals surface area contributed by atoms with Gasteiger partial charge in [0.25, 0.3) is 0 Å². The van der Waals surface area contributed by atoms with Crippen LogP contribution in [0, 0.1) is 19.3 Å². The van der Waals surface area contributed by atoms with Crippen molar-refractivity contribution >= 4 is 27.1 Å². The second kappa shape index (κ2) is 9.37. The number of sulfone groups is 1. The van der Waals surface area contributed by atoms with Gasteiger partial charge in [0.2, 0.25) is 5.91 Å². The standard InChI is InChI=1S/C18H18F3N3O3S2/c1-3-7-23-15(25)10-14(29(26,27)9-6-18(19,20)21)16-12(2)24-17(28-16)13-5-4-8-22-11-13/h1,4-5,8,11,14H,6-7,9-10H2,2H3,(H,23,25). The predicted molar refractivity (Wildman–Crippen MR) is 104 cm³/mol. The Balaban J connectivity index is 2.41. The quantitative estimate of drug-likeness (QED) is 0.631. The summed E-state index contributed by atoms with van der Waals surface area (Å²) >= 11 is 1.01. The van der Waals surface area contributed by atoms with Gasteiger partial charge in [-0.15, -0.1) is 17.8 Å². The van der Waals surface area contributed by atoms with Crippen molar-refractivity contribution in [2.75, 3.05) is 12.3 Å². The SMILES string of the molecule is C#CCNC(=O)CC(c1sc(-c2cccnc2)nc1C)S(=O)(=O)CCC(F)(F)F. The third kappa shape index (κ3) is 6.54. The Morgan fingerprint density at radius 3 is 2.72 bits per heavy atom. The lowest BCUT2D eigenvalue weighted by Crippen LogP contribution is -2.29. The molecule has 156 valence electrons. The van der Waals surface area contributed by atoms with Crippen LogP contribution in [0.3, 0.4) is 0 Å². The molecular weight excluding hydrogens is 427 g/mol. The smallest absolute Gasteiger partial charge is 0.345 e. The molecule has 0 aliphatic rings. The number of carbonyl (C=O) groups excluding carboxylic acids is 1. The minimum absolute atomic E-state index is 0.114. The fourth-order valence-corrected chi connectivity index (χ4v) is 5.82. The van der Waals surface area contributed by atoms with E-state index in [-0.39, 0.29) is 11.4 Å². The molecule has 2 aromatic heterocycles. The van der Waals surface area contributed by atoms with Gasteiger partial charge in [0.05, 0.1) is 24.4 Å². The third-order valence-electron chi connectivity index (χ3n) is 3.90. The molecule has 1 N–H and O–H groups in total. The number of hydrogen-bond acceptors (Lipinski definition) is 6. The first kappa shape index (κ1) is 22.8. The molecule has 0 aliphatic carbocycles. The summed E-state index contributed by atoms with van der Waals surface area (Å²) in [5.74, 6) is 0.396. The fraction of sp³-hybridized carbons (Fsp3) is 0.389. The summed E-state index contributed by atoms with van der Waals surface area (Å²) in [7, 11) is -4.30. The summed E-state index contributed by atoms with van der Waals surface area (Å²) in [5.41, 5.74) is 0.967. The van der Waals surface area contributed by atoms with Crippen molar-refractivity contribution in [2.45, 2.75) is 31.2 Å². The number of aromatic nitrogens is 2. The Morgan fingerprint density at radius 1 is 1.41 bits per heavy atom. The minimum atomic E-state index is -4.63. The van der Waals surface area contributed by atoms with Crippen molar-refractivity contribution in [3.8, 4) is 22.9 Å². The molecule has 6 nitrogen and oxygen atoms in total. The number of amides is 1. The van der Waals surface area contributed by atoms with E-state index in [0.717, 1.165) is 11.3 Å². The molecule has 29 heavy (non-hydrogen) atoms. The van der Waals surface area contributed by atoms with Crippen LogP contribution < -0.4 is 5.32 Å². The normalized spacial score (nSPS) is 12.9. The van der Waals surface area contributed by atoms with E-state index in [9.17, 15) is 26.4 Å². The topological polar surface area (TPSA) is 89.0 Å². The molecule has 2 aromatic rings. The molecule has 0 spiro atoms. The largest absolute Gasteiger partial charge is 0.390 e. The molecule has 1 atom stereocenters. The lowest BCUT2D eigenvalue weighted by atomic mass is 10.2. The summed E-state index contributed by atoms with van der Waals surface area (Å²) in [6.45, 7) is 1.44. The molecule has 0 bridgehead atoms. The van der Waals surface area contributed by atoms with E-state index in [0.29, 0.717) is 16.3 Å². The molecule has 1 amide bonds. The van der Waals surface area contributed by atoms with Gasteiger partial charge < -0.3 is 5.32 Å². The van der Waals surface area contributed by atoms with Crippen LogP contribution in [0.2, 0.25) is 0 Å². The average molecular weight is 445 g/mol. The van der Waals surface area contributed by atoms with Crippen LogP contribution in [0.5, 0.6) is 0 Å². The van der Waals surface area contributed by atoms with Crippen LogP contribution in [0.25, 0.3) is 10.6 Å². The lowest BCUT2D eigenvalue weighted by molar-refractivity contribution is -0.130. The number of pyridine rings is 1. The number of rotatable bonds is 8. The Hall–Kier alpha value is -2.45. The molecule has 0 fully saturated rings. The Bertz CT molecular complexity index is 997. The number of hydrogen-bond donors (Lipinski definition) is 1. The second-order valence-electron chi connectivity index (χ2n) is 6.12. The van der Waals surface area contributed by atoms with Crippen molar-refractivity contribution in [1.29, 1.82) is 0 Å². The van der Waals surface area contributed by atoms with Gasteiger partial charge in [-0.3, -0.25) is 9.78 Å². The average Bonchev–Trinajstić information content (AvgIpc) is 3.04. The molecule has 0 aromatic carbocycles. The highest BCUT2D eigenvalue weighted by atomic mass is 32.2. The first-order valence-electron chi connectivity index (χ1n) is 8.39. The van der Waals surface area contributed by atoms with Crippen LogP contribution in [0.4, 0.5) is 13.2 Å². The minimum Gasteiger partial charge on any atom is -0.345 e. The molecule has 0 saturated carbocycles. The number of halogens is 3. The van der Waals surface area contributed by atoms with Crippen molar-refractivity contribution in [1.82, 2.24) is 15.3 Å². The molecule has 0 saturated heterocycles. The molecule has 2 heterocycles. The fourth-order valence-electron chi connectivity index (χ4n) is 2.49. The highest BCUT2D eigenvalue weighted by Gasteiger charge is 2.37. The maximum Gasteiger partial charge on any atom is 0.390 e. The molecule has 1 unspecified atom stereocenters. The Kier molecular flexibility index (Phi) is 7.37. The first-order chi connectivity index (χ1) is 13.5. The molecule has 11 heteroatoms. The maximum atomic E-state index is 12.7. The van der Waals surface area contributed by atoms with E-state index in [1.165, 1.54) is 6.20 Å². The summed E-state index contributed by atoms with van der Waals surface area (Å²) in [5, 5.41) is 1.36. The summed E-state index contributed by atoms with van der Waals surface area (Å²) in [6, 6.07) is 3.40. The number of aryl methyl sites for hydroxylation is 1. The first-order valence-corrected chi connectivity index (χ1v) is 10.9. The number of nitrogens with one attached hydrogen (secondary N) is 1. The van der Waals surface area contributed by atoms with E-state index in [2.05, 4.69) is 21.2 Å². The lowest BCUT2D eigenvalue weighted by Gasteiger charge is -2.17. The zero-order chi connectivity index (χ0) is 21.7. The van der Waals surface area contributed by atoms with Crippen LogP contribution in [-0.2, 0) is 14.6 Å². The van der Waals surface area contributed by atoms with Crippen LogP contribution >= 0.6 is 11.3 Å². The number of terminal acetylenes is 1. The van der Waals surface area contributed by atoms with Gasteiger partial charge in [-0.25, -0.2) is 13.4 Å². The van der Waals surface area contributed by atoms with Crippen LogP contribution in [0.1, 0.15) is 28.7 Å². The summed E-state index contributed by atoms with van der Waals surface area (Å²) in [6.07, 6.45) is 1.50. The zero-order valence-electron chi connectivity index (χ0n) is 15.4. The van der Waals surface area contributed by atoms with Gasteiger partial charge in [-0.05, 0) is 19.1 Å². The number of nitrogens with zero attached hydrogens (tertiary/aromatic N) is 2. The molecule has 0 radical (unpaired) electrons. The van der Waals surface area contributed by atoms with Gasteiger partial charge in [0, 0.05) is 29.3 Å². The molecule has 2 rings (SSSR count). The van der Waals surface area contributed by atoms with Crippen molar-refractivity contribution in [3.63, 3.8) is 0 Å². The number of carbonyl (C=O) groups is 1. The van der Waals surface area contributed by atoms with Crippen LogP contribution in [-0.4, -0.2) is 42.8 Å². The predicted octanol–water partition coefficient (Wildman–Crippen LogP) is 3.06. The van der Waals surface area contributed by atoms with Gasteiger partial charge >= 0.3 is 6.18 Å². The second-order valence-corrected chi connectivity index (χ2v) is 9.45. The van der Waals surface area contributed by atoms with E-state index < -0.39 is 45.8 Å². The van der Waals surface area contributed by atoms with E-state index in [1.54, 1.807) is 25.3 Å². The highest BCUT2D eigenvalue weighted by molar-refractivity contribution is 7.91. The van der Waals surface area contributed by atoms with Gasteiger partial charge in [0.1, 0.15) is 10.3 Å². The highest BCUT2D eigenvalue weighted by Crippen LogP contribution is 2.38. The summed E-state index contributed by atoms with van der Waals surface area (Å²) < 4.78 is 63.3. The number of alkyl halides is 3. The van der Waals surface area contributed by atoms with Crippen molar-refractivity contribution in [2.24, 2.45) is 0 Å². The molecule has 0 aliphatic heterocycles. The van der Waals surface area contributed by atoms with Crippen molar-refractivity contribution in [3.05, 3.63) is 35.1 Å². The Labute approximate surface area is 170 Å². The third-order valence-corrected chi connectivity index (χ3v) is 7.41.